The fraction of sp³-hybridized carbons (Fsp3) is 0.400. The summed E-state index contributed by atoms with van der Waals surface area (Å²) in [7, 11) is 0. The summed E-state index contributed by atoms with van der Waals surface area (Å²) in [5.74, 6) is -0.541. The molecule has 0 aliphatic rings. The number of nitrogens with zero attached hydrogens (tertiary/aromatic N) is 1. The summed E-state index contributed by atoms with van der Waals surface area (Å²) in [6.07, 6.45) is 3.48. The molecule has 0 amide bonds. The number of ether oxygens (including phenoxy) is 1. The Hall–Kier alpha value is -1.10. The fourth-order valence-corrected chi connectivity index (χ4v) is 1.32. The average molecular weight is 274 g/mol. The highest BCUT2D eigenvalue weighted by molar-refractivity contribution is 9.10. The molecule has 1 aromatic heterocycles. The Balaban J connectivity index is 2.89. The largest absolute Gasteiger partial charge is 0.478 e. The number of carbonyl (C=O) groups is 1. The van der Waals surface area contributed by atoms with Gasteiger partial charge in [0.15, 0.2) is 0 Å². The first-order chi connectivity index (χ1) is 6.98. The molecule has 0 bridgehead atoms. The Morgan fingerprint density at radius 1 is 1.67 bits per heavy atom. The van der Waals surface area contributed by atoms with E-state index in [0.29, 0.717) is 12.2 Å². The van der Waals surface area contributed by atoms with Crippen LogP contribution in [0.2, 0.25) is 0 Å². The summed E-state index contributed by atoms with van der Waals surface area (Å²) < 4.78 is 6.15. The molecule has 0 aliphatic heterocycles. The van der Waals surface area contributed by atoms with E-state index in [1.54, 1.807) is 19.2 Å². The summed E-state index contributed by atoms with van der Waals surface area (Å²) in [5, 5.41) is 9.01. The van der Waals surface area contributed by atoms with Gasteiger partial charge in [-0.15, -0.1) is 0 Å². The van der Waals surface area contributed by atoms with Crippen LogP contribution in [0.25, 0.3) is 0 Å². The molecule has 5 heteroatoms. The Bertz CT molecular complexity index is 369. The van der Waals surface area contributed by atoms with E-state index in [4.69, 9.17) is 9.84 Å². The summed E-state index contributed by atoms with van der Waals surface area (Å²) in [5.41, 5.74) is -1.21. The van der Waals surface area contributed by atoms with Crippen molar-refractivity contribution in [3.8, 4) is 5.75 Å². The smallest absolute Gasteiger partial charge is 0.347 e. The van der Waals surface area contributed by atoms with Crippen LogP contribution in [0.1, 0.15) is 20.3 Å². The van der Waals surface area contributed by atoms with Gasteiger partial charge in [-0.3, -0.25) is 4.98 Å². The lowest BCUT2D eigenvalue weighted by atomic mass is 10.0. The Morgan fingerprint density at radius 3 is 2.80 bits per heavy atom. The first-order valence-corrected chi connectivity index (χ1v) is 5.30. The predicted octanol–water partition coefficient (Wildman–Crippen LogP) is 2.48. The lowest BCUT2D eigenvalue weighted by molar-refractivity contribution is -0.154. The topological polar surface area (TPSA) is 59.4 Å². The molecule has 1 atom stereocenters. The van der Waals surface area contributed by atoms with Crippen LogP contribution in [0.3, 0.4) is 0 Å². The highest BCUT2D eigenvalue weighted by atomic mass is 79.9. The van der Waals surface area contributed by atoms with Crippen molar-refractivity contribution in [2.24, 2.45) is 0 Å². The van der Waals surface area contributed by atoms with Gasteiger partial charge in [-0.1, -0.05) is 6.92 Å². The van der Waals surface area contributed by atoms with E-state index >= 15 is 0 Å². The Morgan fingerprint density at radius 2 is 2.33 bits per heavy atom. The van der Waals surface area contributed by atoms with Gasteiger partial charge in [0.05, 0.1) is 6.20 Å². The van der Waals surface area contributed by atoms with Crippen LogP contribution in [0.4, 0.5) is 0 Å². The first kappa shape index (κ1) is 12.0. The number of pyridine rings is 1. The molecule has 1 unspecified atom stereocenters. The molecule has 82 valence electrons. The van der Waals surface area contributed by atoms with E-state index in [1.807, 2.05) is 0 Å². The number of aliphatic carboxylic acids is 1. The van der Waals surface area contributed by atoms with Gasteiger partial charge in [-0.2, -0.15) is 0 Å². The van der Waals surface area contributed by atoms with Gasteiger partial charge < -0.3 is 9.84 Å². The Kier molecular flexibility index (Phi) is 3.68. The molecule has 0 saturated heterocycles. The van der Waals surface area contributed by atoms with E-state index in [2.05, 4.69) is 20.9 Å². The molecule has 1 N–H and O–H groups in total. The second-order valence-electron chi connectivity index (χ2n) is 3.33. The number of aromatic nitrogens is 1. The quantitative estimate of drug-likeness (QED) is 0.916. The lowest BCUT2D eigenvalue weighted by Gasteiger charge is -2.24. The predicted molar refractivity (Wildman–Crippen MR) is 58.9 cm³/mol. The van der Waals surface area contributed by atoms with Crippen LogP contribution in [-0.4, -0.2) is 21.7 Å². The minimum absolute atomic E-state index is 0.384. The van der Waals surface area contributed by atoms with Crippen LogP contribution < -0.4 is 4.74 Å². The summed E-state index contributed by atoms with van der Waals surface area (Å²) in [4.78, 5) is 14.9. The van der Waals surface area contributed by atoms with Gasteiger partial charge in [0, 0.05) is 10.7 Å². The van der Waals surface area contributed by atoms with Gasteiger partial charge in [0.1, 0.15) is 5.75 Å². The van der Waals surface area contributed by atoms with E-state index in [1.165, 1.54) is 13.1 Å². The van der Waals surface area contributed by atoms with Crippen molar-refractivity contribution in [3.63, 3.8) is 0 Å². The maximum atomic E-state index is 11.0. The molecular weight excluding hydrogens is 262 g/mol. The fourth-order valence-electron chi connectivity index (χ4n) is 0.975. The van der Waals surface area contributed by atoms with Crippen molar-refractivity contribution >= 4 is 21.9 Å². The molecular formula is C10H12BrNO3. The van der Waals surface area contributed by atoms with Gasteiger partial charge >= 0.3 is 5.97 Å². The number of carboxylic acid groups (broad SMARTS) is 1. The molecule has 0 aliphatic carbocycles. The zero-order valence-corrected chi connectivity index (χ0v) is 10.1. The third kappa shape index (κ3) is 2.92. The lowest BCUT2D eigenvalue weighted by Crippen LogP contribution is -2.40. The van der Waals surface area contributed by atoms with Crippen molar-refractivity contribution in [2.75, 3.05) is 0 Å². The number of hydrogen-bond acceptors (Lipinski definition) is 3. The maximum absolute atomic E-state index is 11.0. The average Bonchev–Trinajstić information content (AvgIpc) is 2.17. The summed E-state index contributed by atoms with van der Waals surface area (Å²) in [6.45, 7) is 3.30. The zero-order valence-electron chi connectivity index (χ0n) is 8.53. The standard InChI is InChI=1S/C10H12BrNO3/c1-3-10(2,9(13)14)15-8-4-7(11)5-12-6-8/h4-6H,3H2,1-2H3,(H,13,14). The summed E-state index contributed by atoms with van der Waals surface area (Å²) in [6, 6.07) is 1.68. The first-order valence-electron chi connectivity index (χ1n) is 4.51. The number of carboxylic acids is 1. The van der Waals surface area contributed by atoms with Gasteiger partial charge in [0.2, 0.25) is 5.60 Å². The zero-order chi connectivity index (χ0) is 11.5. The van der Waals surface area contributed by atoms with E-state index in [-0.39, 0.29) is 0 Å². The molecule has 1 heterocycles. The van der Waals surface area contributed by atoms with Crippen molar-refractivity contribution in [1.82, 2.24) is 4.98 Å². The molecule has 1 rings (SSSR count). The van der Waals surface area contributed by atoms with Gasteiger partial charge in [0.25, 0.3) is 0 Å². The van der Waals surface area contributed by atoms with Gasteiger partial charge in [-0.25, -0.2) is 4.79 Å². The molecule has 0 aromatic carbocycles. The SMILES string of the molecule is CCC(C)(Oc1cncc(Br)c1)C(=O)O. The highest BCUT2D eigenvalue weighted by Crippen LogP contribution is 2.23. The minimum Gasteiger partial charge on any atom is -0.478 e. The second kappa shape index (κ2) is 4.61. The van der Waals surface area contributed by atoms with Crippen molar-refractivity contribution in [2.45, 2.75) is 25.9 Å². The monoisotopic (exact) mass is 273 g/mol. The summed E-state index contributed by atoms with van der Waals surface area (Å²) >= 11 is 3.24. The number of halogens is 1. The van der Waals surface area contributed by atoms with Crippen molar-refractivity contribution < 1.29 is 14.6 Å². The second-order valence-corrected chi connectivity index (χ2v) is 4.25. The molecule has 15 heavy (non-hydrogen) atoms. The minimum atomic E-state index is -1.21. The van der Waals surface area contributed by atoms with Crippen LogP contribution in [-0.2, 0) is 4.79 Å². The molecule has 1 aromatic rings. The number of rotatable bonds is 4. The molecule has 0 spiro atoms. The van der Waals surface area contributed by atoms with Crippen LogP contribution in [0.15, 0.2) is 22.9 Å². The van der Waals surface area contributed by atoms with Crippen molar-refractivity contribution in [3.05, 3.63) is 22.9 Å². The van der Waals surface area contributed by atoms with Crippen LogP contribution in [0, 0.1) is 0 Å². The number of hydrogen-bond donors (Lipinski definition) is 1. The highest BCUT2D eigenvalue weighted by Gasteiger charge is 2.33. The van der Waals surface area contributed by atoms with Crippen LogP contribution in [0.5, 0.6) is 5.75 Å². The third-order valence-electron chi connectivity index (χ3n) is 2.15. The van der Waals surface area contributed by atoms with Crippen molar-refractivity contribution in [1.29, 1.82) is 0 Å². The van der Waals surface area contributed by atoms with E-state index < -0.39 is 11.6 Å². The molecule has 0 fully saturated rings. The third-order valence-corrected chi connectivity index (χ3v) is 2.58. The van der Waals surface area contributed by atoms with E-state index in [9.17, 15) is 4.79 Å². The van der Waals surface area contributed by atoms with E-state index in [0.717, 1.165) is 4.47 Å². The van der Waals surface area contributed by atoms with Crippen LogP contribution >= 0.6 is 15.9 Å². The Labute approximate surface area is 96.4 Å². The molecule has 0 radical (unpaired) electrons. The normalized spacial score (nSPS) is 14.3. The molecule has 0 saturated carbocycles. The maximum Gasteiger partial charge on any atom is 0.347 e. The van der Waals surface area contributed by atoms with Gasteiger partial charge in [-0.05, 0) is 35.3 Å². The molecule has 4 nitrogen and oxygen atoms in total.